The summed E-state index contributed by atoms with van der Waals surface area (Å²) < 4.78 is 0. The van der Waals surface area contributed by atoms with Crippen molar-refractivity contribution in [3.8, 4) is 0 Å². The Hall–Kier alpha value is -2.37. The minimum absolute atomic E-state index is 0.129. The molecular weight excluding hydrogens is 272 g/mol. The number of carbonyl (C=O) groups is 3. The molecule has 0 spiro atoms. The van der Waals surface area contributed by atoms with Crippen molar-refractivity contribution in [3.63, 3.8) is 0 Å². The Balaban J connectivity index is 2.64. The highest BCUT2D eigenvalue weighted by Crippen LogP contribution is 2.16. The van der Waals surface area contributed by atoms with Gasteiger partial charge in [0.1, 0.15) is 0 Å². The molecule has 0 aliphatic rings. The Morgan fingerprint density at radius 1 is 1.19 bits per heavy atom. The van der Waals surface area contributed by atoms with Crippen LogP contribution in [0.15, 0.2) is 18.2 Å². The first-order valence-electron chi connectivity index (χ1n) is 6.53. The lowest BCUT2D eigenvalue weighted by Crippen LogP contribution is -2.39. The molecule has 0 unspecified atom stereocenters. The molecule has 6 nitrogen and oxygen atoms in total. The highest BCUT2D eigenvalue weighted by molar-refractivity contribution is 5.96. The number of carboxylic acids is 1. The van der Waals surface area contributed by atoms with Gasteiger partial charge in [-0.25, -0.2) is 4.79 Å². The van der Waals surface area contributed by atoms with Gasteiger partial charge in [0.15, 0.2) is 0 Å². The molecule has 1 rings (SSSR count). The van der Waals surface area contributed by atoms with E-state index in [0.717, 1.165) is 0 Å². The molecule has 0 bridgehead atoms. The van der Waals surface area contributed by atoms with Gasteiger partial charge in [-0.3, -0.25) is 9.59 Å². The van der Waals surface area contributed by atoms with E-state index in [0.29, 0.717) is 11.3 Å². The van der Waals surface area contributed by atoms with Crippen LogP contribution in [0.4, 0.5) is 5.69 Å². The van der Waals surface area contributed by atoms with Gasteiger partial charge in [-0.05, 0) is 30.7 Å². The van der Waals surface area contributed by atoms with Gasteiger partial charge in [0, 0.05) is 11.1 Å². The lowest BCUT2D eigenvalue weighted by molar-refractivity contribution is -0.130. The fraction of sp³-hybridized carbons (Fsp3) is 0.400. The van der Waals surface area contributed by atoms with E-state index >= 15 is 0 Å². The summed E-state index contributed by atoms with van der Waals surface area (Å²) in [6.07, 6.45) is 0. The first-order chi connectivity index (χ1) is 9.61. The van der Waals surface area contributed by atoms with Gasteiger partial charge < -0.3 is 15.7 Å². The number of aryl methyl sites for hydroxylation is 1. The number of anilines is 1. The molecule has 0 aliphatic heterocycles. The summed E-state index contributed by atoms with van der Waals surface area (Å²) in [5, 5.41) is 14.1. The van der Waals surface area contributed by atoms with Crippen LogP contribution >= 0.6 is 0 Å². The number of carbonyl (C=O) groups excluding carboxylic acids is 2. The molecule has 0 saturated carbocycles. The SMILES string of the molecule is Cc1cc(C(=O)O)ccc1NC(=O)CNC(=O)C(C)(C)C. The van der Waals surface area contributed by atoms with Crippen LogP contribution in [0.2, 0.25) is 0 Å². The number of benzene rings is 1. The van der Waals surface area contributed by atoms with Crippen molar-refractivity contribution < 1.29 is 19.5 Å². The van der Waals surface area contributed by atoms with E-state index in [1.165, 1.54) is 18.2 Å². The van der Waals surface area contributed by atoms with Crippen molar-refractivity contribution >= 4 is 23.5 Å². The molecule has 0 saturated heterocycles. The van der Waals surface area contributed by atoms with Gasteiger partial charge >= 0.3 is 5.97 Å². The van der Waals surface area contributed by atoms with E-state index in [-0.39, 0.29) is 23.9 Å². The molecule has 0 radical (unpaired) electrons. The second-order valence-electron chi connectivity index (χ2n) is 5.82. The second-order valence-corrected chi connectivity index (χ2v) is 5.82. The number of rotatable bonds is 4. The number of carboxylic acid groups (broad SMARTS) is 1. The molecular formula is C15H20N2O4. The van der Waals surface area contributed by atoms with E-state index in [1.54, 1.807) is 27.7 Å². The van der Waals surface area contributed by atoms with Gasteiger partial charge in [0.05, 0.1) is 12.1 Å². The van der Waals surface area contributed by atoms with Crippen LogP contribution in [0, 0.1) is 12.3 Å². The van der Waals surface area contributed by atoms with Crippen molar-refractivity contribution in [2.45, 2.75) is 27.7 Å². The van der Waals surface area contributed by atoms with Crippen molar-refractivity contribution in [2.75, 3.05) is 11.9 Å². The topological polar surface area (TPSA) is 95.5 Å². The largest absolute Gasteiger partial charge is 0.478 e. The number of hydrogen-bond acceptors (Lipinski definition) is 3. The molecule has 114 valence electrons. The molecule has 0 aliphatic carbocycles. The van der Waals surface area contributed by atoms with E-state index in [9.17, 15) is 14.4 Å². The van der Waals surface area contributed by atoms with E-state index in [1.807, 2.05) is 0 Å². The van der Waals surface area contributed by atoms with E-state index in [4.69, 9.17) is 5.11 Å². The molecule has 0 fully saturated rings. The van der Waals surface area contributed by atoms with Crippen LogP contribution in [0.25, 0.3) is 0 Å². The maximum atomic E-state index is 11.8. The third kappa shape index (κ3) is 4.91. The minimum Gasteiger partial charge on any atom is -0.478 e. The van der Waals surface area contributed by atoms with Crippen LogP contribution in [-0.2, 0) is 9.59 Å². The minimum atomic E-state index is -1.02. The second kappa shape index (κ2) is 6.39. The normalized spacial score (nSPS) is 10.9. The number of nitrogens with one attached hydrogen (secondary N) is 2. The highest BCUT2D eigenvalue weighted by Gasteiger charge is 2.21. The van der Waals surface area contributed by atoms with Crippen LogP contribution < -0.4 is 10.6 Å². The van der Waals surface area contributed by atoms with Crippen LogP contribution in [0.3, 0.4) is 0 Å². The summed E-state index contributed by atoms with van der Waals surface area (Å²) >= 11 is 0. The fourth-order valence-corrected chi connectivity index (χ4v) is 1.56. The van der Waals surface area contributed by atoms with Gasteiger partial charge in [-0.1, -0.05) is 20.8 Å². The smallest absolute Gasteiger partial charge is 0.335 e. The van der Waals surface area contributed by atoms with Crippen molar-refractivity contribution in [1.29, 1.82) is 0 Å². The number of aromatic carboxylic acids is 1. The molecule has 0 atom stereocenters. The summed E-state index contributed by atoms with van der Waals surface area (Å²) in [4.78, 5) is 34.2. The van der Waals surface area contributed by atoms with Crippen molar-refractivity contribution in [2.24, 2.45) is 5.41 Å². The zero-order chi connectivity index (χ0) is 16.2. The number of hydrogen-bond donors (Lipinski definition) is 3. The summed E-state index contributed by atoms with van der Waals surface area (Å²) in [7, 11) is 0. The standard InChI is InChI=1S/C15H20N2O4/c1-9-7-10(13(19)20)5-6-11(9)17-12(18)8-16-14(21)15(2,3)4/h5-7H,8H2,1-4H3,(H,16,21)(H,17,18)(H,19,20). The molecule has 1 aromatic carbocycles. The molecule has 6 heteroatoms. The first-order valence-corrected chi connectivity index (χ1v) is 6.53. The quantitative estimate of drug-likeness (QED) is 0.788. The van der Waals surface area contributed by atoms with Gasteiger partial charge in [0.25, 0.3) is 0 Å². The third-order valence-corrected chi connectivity index (χ3v) is 2.84. The molecule has 0 aromatic heterocycles. The fourth-order valence-electron chi connectivity index (χ4n) is 1.56. The zero-order valence-electron chi connectivity index (χ0n) is 12.6. The van der Waals surface area contributed by atoms with Gasteiger partial charge in [-0.15, -0.1) is 0 Å². The lowest BCUT2D eigenvalue weighted by Gasteiger charge is -2.17. The Kier molecular flexibility index (Phi) is 5.07. The molecule has 2 amide bonds. The van der Waals surface area contributed by atoms with Crippen LogP contribution in [0.1, 0.15) is 36.7 Å². The van der Waals surface area contributed by atoms with Crippen LogP contribution in [0.5, 0.6) is 0 Å². The molecule has 3 N–H and O–H groups in total. The Bertz CT molecular complexity index is 574. The van der Waals surface area contributed by atoms with Crippen molar-refractivity contribution in [1.82, 2.24) is 5.32 Å². The summed E-state index contributed by atoms with van der Waals surface area (Å²) in [6, 6.07) is 4.42. The Morgan fingerprint density at radius 3 is 2.29 bits per heavy atom. The predicted octanol–water partition coefficient (Wildman–Crippen LogP) is 1.79. The monoisotopic (exact) mass is 292 g/mol. The van der Waals surface area contributed by atoms with Crippen molar-refractivity contribution in [3.05, 3.63) is 29.3 Å². The molecule has 21 heavy (non-hydrogen) atoms. The predicted molar refractivity (Wildman–Crippen MR) is 79.2 cm³/mol. The van der Waals surface area contributed by atoms with E-state index < -0.39 is 11.4 Å². The molecule has 1 aromatic rings. The maximum absolute atomic E-state index is 11.8. The zero-order valence-corrected chi connectivity index (χ0v) is 12.6. The maximum Gasteiger partial charge on any atom is 0.335 e. The number of amides is 2. The summed E-state index contributed by atoms with van der Waals surface area (Å²) in [5.74, 6) is -1.59. The summed E-state index contributed by atoms with van der Waals surface area (Å²) in [6.45, 7) is 6.85. The first kappa shape index (κ1) is 16.7. The molecule has 0 heterocycles. The van der Waals surface area contributed by atoms with Crippen LogP contribution in [-0.4, -0.2) is 29.4 Å². The lowest BCUT2D eigenvalue weighted by atomic mass is 9.96. The van der Waals surface area contributed by atoms with Gasteiger partial charge in [-0.2, -0.15) is 0 Å². The highest BCUT2D eigenvalue weighted by atomic mass is 16.4. The Labute approximate surface area is 123 Å². The average Bonchev–Trinajstić information content (AvgIpc) is 2.36. The van der Waals surface area contributed by atoms with E-state index in [2.05, 4.69) is 10.6 Å². The average molecular weight is 292 g/mol. The summed E-state index contributed by atoms with van der Waals surface area (Å²) in [5.41, 5.74) is 0.770. The Morgan fingerprint density at radius 2 is 1.81 bits per heavy atom. The third-order valence-electron chi connectivity index (χ3n) is 2.84. The van der Waals surface area contributed by atoms with Gasteiger partial charge in [0.2, 0.25) is 11.8 Å².